The fourth-order valence-corrected chi connectivity index (χ4v) is 0.917. The molecule has 0 bridgehead atoms. The molecule has 0 saturated carbocycles. The normalized spacial score (nSPS) is 12.1. The van der Waals surface area contributed by atoms with Crippen LogP contribution in [0.25, 0.3) is 0 Å². The van der Waals surface area contributed by atoms with Gasteiger partial charge in [-0.2, -0.15) is 0 Å². The Morgan fingerprint density at radius 1 is 1.40 bits per heavy atom. The first-order chi connectivity index (χ1) is 6.79. The number of hydrogen-bond donors (Lipinski definition) is 1. The SMILES string of the molecule is C=CCOC(=O)C(=CC(=O)O)C(C)(C)C. The molecule has 0 aromatic rings. The van der Waals surface area contributed by atoms with Crippen molar-refractivity contribution in [3.63, 3.8) is 0 Å². The van der Waals surface area contributed by atoms with E-state index in [1.807, 2.05) is 0 Å². The number of carbonyl (C=O) groups is 2. The molecule has 0 aromatic heterocycles. The maximum Gasteiger partial charge on any atom is 0.335 e. The van der Waals surface area contributed by atoms with E-state index in [9.17, 15) is 9.59 Å². The largest absolute Gasteiger partial charge is 0.478 e. The minimum atomic E-state index is -1.16. The van der Waals surface area contributed by atoms with Crippen LogP contribution in [0, 0.1) is 5.41 Å². The Morgan fingerprint density at radius 3 is 2.27 bits per heavy atom. The third-order valence-corrected chi connectivity index (χ3v) is 1.63. The van der Waals surface area contributed by atoms with Gasteiger partial charge in [-0.25, -0.2) is 9.59 Å². The van der Waals surface area contributed by atoms with Gasteiger partial charge in [0.1, 0.15) is 6.61 Å². The van der Waals surface area contributed by atoms with Crippen LogP contribution in [-0.4, -0.2) is 23.7 Å². The van der Waals surface area contributed by atoms with Gasteiger partial charge in [-0.05, 0) is 5.41 Å². The average molecular weight is 212 g/mol. The van der Waals surface area contributed by atoms with Gasteiger partial charge in [0, 0.05) is 11.6 Å². The molecule has 0 rings (SSSR count). The summed E-state index contributed by atoms with van der Waals surface area (Å²) in [5.41, 5.74) is -0.423. The van der Waals surface area contributed by atoms with Crippen molar-refractivity contribution in [2.24, 2.45) is 5.41 Å². The number of hydrogen-bond acceptors (Lipinski definition) is 3. The van der Waals surface area contributed by atoms with E-state index in [1.54, 1.807) is 20.8 Å². The van der Waals surface area contributed by atoms with Crippen LogP contribution in [0.4, 0.5) is 0 Å². The van der Waals surface area contributed by atoms with Crippen LogP contribution in [0.5, 0.6) is 0 Å². The Labute approximate surface area is 89.2 Å². The van der Waals surface area contributed by atoms with Gasteiger partial charge in [0.05, 0.1) is 0 Å². The summed E-state index contributed by atoms with van der Waals surface area (Å²) in [7, 11) is 0. The molecule has 4 nitrogen and oxygen atoms in total. The quantitative estimate of drug-likeness (QED) is 0.438. The van der Waals surface area contributed by atoms with Crippen LogP contribution in [0.1, 0.15) is 20.8 Å². The van der Waals surface area contributed by atoms with Gasteiger partial charge in [-0.3, -0.25) is 0 Å². The highest BCUT2D eigenvalue weighted by molar-refractivity contribution is 5.96. The topological polar surface area (TPSA) is 63.6 Å². The Morgan fingerprint density at radius 2 is 1.93 bits per heavy atom. The lowest BCUT2D eigenvalue weighted by molar-refractivity contribution is -0.140. The average Bonchev–Trinajstić information content (AvgIpc) is 2.08. The molecule has 0 aliphatic carbocycles. The first kappa shape index (κ1) is 13.4. The summed E-state index contributed by atoms with van der Waals surface area (Å²) in [6.45, 7) is 8.72. The summed E-state index contributed by atoms with van der Waals surface area (Å²) in [5.74, 6) is -1.78. The van der Waals surface area contributed by atoms with E-state index in [4.69, 9.17) is 9.84 Å². The van der Waals surface area contributed by atoms with E-state index in [0.717, 1.165) is 6.08 Å². The van der Waals surface area contributed by atoms with Crippen molar-refractivity contribution in [2.45, 2.75) is 20.8 Å². The summed E-state index contributed by atoms with van der Waals surface area (Å²) in [6.07, 6.45) is 2.31. The molecule has 0 amide bonds. The molecule has 0 unspecified atom stereocenters. The number of carbonyl (C=O) groups excluding carboxylic acids is 1. The lowest BCUT2D eigenvalue weighted by Crippen LogP contribution is -2.21. The molecule has 0 aromatic carbocycles. The van der Waals surface area contributed by atoms with Gasteiger partial charge in [0.2, 0.25) is 0 Å². The van der Waals surface area contributed by atoms with Gasteiger partial charge in [0.15, 0.2) is 0 Å². The first-order valence-corrected chi connectivity index (χ1v) is 4.52. The highest BCUT2D eigenvalue weighted by Crippen LogP contribution is 2.26. The Bertz CT molecular complexity index is 294. The zero-order valence-electron chi connectivity index (χ0n) is 9.24. The first-order valence-electron chi connectivity index (χ1n) is 4.52. The molecule has 4 heteroatoms. The molecule has 84 valence electrons. The van der Waals surface area contributed by atoms with Gasteiger partial charge >= 0.3 is 11.9 Å². The summed E-state index contributed by atoms with van der Waals surface area (Å²) in [4.78, 5) is 22.0. The van der Waals surface area contributed by atoms with E-state index in [1.165, 1.54) is 6.08 Å². The number of carboxylic acid groups (broad SMARTS) is 1. The smallest absolute Gasteiger partial charge is 0.335 e. The lowest BCUT2D eigenvalue weighted by atomic mass is 9.86. The lowest BCUT2D eigenvalue weighted by Gasteiger charge is -2.20. The van der Waals surface area contributed by atoms with Gasteiger partial charge in [-0.1, -0.05) is 33.4 Å². The van der Waals surface area contributed by atoms with E-state index >= 15 is 0 Å². The molecular weight excluding hydrogens is 196 g/mol. The van der Waals surface area contributed by atoms with Crippen molar-refractivity contribution in [1.29, 1.82) is 0 Å². The minimum Gasteiger partial charge on any atom is -0.478 e. The molecule has 15 heavy (non-hydrogen) atoms. The summed E-state index contributed by atoms with van der Waals surface area (Å²) in [5, 5.41) is 8.62. The molecule has 0 saturated heterocycles. The monoisotopic (exact) mass is 212 g/mol. The van der Waals surface area contributed by atoms with E-state index in [-0.39, 0.29) is 12.2 Å². The van der Waals surface area contributed by atoms with Crippen LogP contribution < -0.4 is 0 Å². The number of carboxylic acids is 1. The van der Waals surface area contributed by atoms with Crippen LogP contribution >= 0.6 is 0 Å². The molecule has 0 heterocycles. The van der Waals surface area contributed by atoms with Gasteiger partial charge in [0.25, 0.3) is 0 Å². The standard InChI is InChI=1S/C11H16O4/c1-5-6-15-10(14)8(7-9(12)13)11(2,3)4/h5,7H,1,6H2,2-4H3,(H,12,13). The summed E-state index contributed by atoms with van der Waals surface area (Å²) in [6, 6.07) is 0. The van der Waals surface area contributed by atoms with Gasteiger partial charge in [-0.15, -0.1) is 0 Å². The van der Waals surface area contributed by atoms with E-state index in [2.05, 4.69) is 6.58 Å². The molecule has 0 fully saturated rings. The fraction of sp³-hybridized carbons (Fsp3) is 0.455. The molecule has 0 radical (unpaired) electrons. The van der Waals surface area contributed by atoms with Crippen molar-refractivity contribution < 1.29 is 19.4 Å². The zero-order chi connectivity index (χ0) is 12.1. The Hall–Kier alpha value is -1.58. The van der Waals surface area contributed by atoms with E-state index in [0.29, 0.717) is 0 Å². The van der Waals surface area contributed by atoms with Crippen molar-refractivity contribution in [3.05, 3.63) is 24.3 Å². The summed E-state index contributed by atoms with van der Waals surface area (Å²) < 4.78 is 4.79. The molecule has 1 N–H and O–H groups in total. The molecular formula is C11H16O4. The number of rotatable bonds is 4. The highest BCUT2D eigenvalue weighted by Gasteiger charge is 2.25. The number of aliphatic carboxylic acids is 1. The second-order valence-electron chi connectivity index (χ2n) is 4.03. The number of esters is 1. The van der Waals surface area contributed by atoms with Crippen molar-refractivity contribution in [1.82, 2.24) is 0 Å². The fourth-order valence-electron chi connectivity index (χ4n) is 0.917. The maximum atomic E-state index is 11.5. The Balaban J connectivity index is 4.88. The summed E-state index contributed by atoms with van der Waals surface area (Å²) >= 11 is 0. The van der Waals surface area contributed by atoms with Crippen LogP contribution in [-0.2, 0) is 14.3 Å². The third kappa shape index (κ3) is 5.00. The highest BCUT2D eigenvalue weighted by atomic mass is 16.5. The van der Waals surface area contributed by atoms with Crippen LogP contribution in [0.2, 0.25) is 0 Å². The second kappa shape index (κ2) is 5.34. The van der Waals surface area contributed by atoms with Crippen molar-refractivity contribution in [3.8, 4) is 0 Å². The number of ether oxygens (including phenoxy) is 1. The third-order valence-electron chi connectivity index (χ3n) is 1.63. The zero-order valence-corrected chi connectivity index (χ0v) is 9.24. The van der Waals surface area contributed by atoms with Crippen LogP contribution in [0.3, 0.4) is 0 Å². The van der Waals surface area contributed by atoms with Crippen LogP contribution in [0.15, 0.2) is 24.3 Å². The molecule has 0 spiro atoms. The molecule has 0 atom stereocenters. The predicted octanol–water partition coefficient (Wildman–Crippen LogP) is 1.77. The Kier molecular flexibility index (Phi) is 4.78. The van der Waals surface area contributed by atoms with E-state index < -0.39 is 17.4 Å². The van der Waals surface area contributed by atoms with Crippen molar-refractivity contribution in [2.75, 3.05) is 6.61 Å². The van der Waals surface area contributed by atoms with Gasteiger partial charge < -0.3 is 9.84 Å². The van der Waals surface area contributed by atoms with Crippen molar-refractivity contribution >= 4 is 11.9 Å². The predicted molar refractivity (Wildman–Crippen MR) is 56.3 cm³/mol. The maximum absolute atomic E-state index is 11.5. The molecule has 0 aliphatic rings. The minimum absolute atomic E-state index is 0.0753. The molecule has 0 aliphatic heterocycles. The second-order valence-corrected chi connectivity index (χ2v) is 4.03.